The van der Waals surface area contributed by atoms with Crippen LogP contribution in [0.4, 0.5) is 0 Å². The third kappa shape index (κ3) is 7.37. The first-order chi connectivity index (χ1) is 8.83. The number of hydrogen-bond acceptors (Lipinski definition) is 4. The lowest BCUT2D eigenvalue weighted by Crippen LogP contribution is -2.31. The highest BCUT2D eigenvalue weighted by Gasteiger charge is 1.99. The zero-order valence-corrected chi connectivity index (χ0v) is 11.6. The van der Waals surface area contributed by atoms with Gasteiger partial charge in [0, 0.05) is 38.6 Å². The van der Waals surface area contributed by atoms with Gasteiger partial charge in [-0.15, -0.1) is 0 Å². The zero-order chi connectivity index (χ0) is 13.1. The second-order valence-corrected chi connectivity index (χ2v) is 4.47. The topological polar surface area (TPSA) is 37.4 Å². The van der Waals surface area contributed by atoms with Crippen LogP contribution in [0.5, 0.6) is 0 Å². The van der Waals surface area contributed by atoms with Crippen LogP contribution >= 0.6 is 0 Å². The summed E-state index contributed by atoms with van der Waals surface area (Å²) >= 11 is 0. The van der Waals surface area contributed by atoms with E-state index in [1.807, 2.05) is 18.3 Å². The van der Waals surface area contributed by atoms with Crippen molar-refractivity contribution in [3.05, 3.63) is 30.1 Å². The Kier molecular flexibility index (Phi) is 8.38. The minimum atomic E-state index is 0.781. The molecule has 4 heteroatoms. The molecule has 0 saturated heterocycles. The number of ether oxygens (including phenoxy) is 1. The molecule has 0 fully saturated rings. The Hall–Kier alpha value is -0.970. The van der Waals surface area contributed by atoms with Gasteiger partial charge in [-0.05, 0) is 38.6 Å². The van der Waals surface area contributed by atoms with Crippen molar-refractivity contribution in [3.8, 4) is 0 Å². The smallest absolute Gasteiger partial charge is 0.0587 e. The molecule has 1 N–H and O–H groups in total. The number of likely N-dealkylation sites (N-methyl/N-ethyl adjacent to an activating group) is 1. The van der Waals surface area contributed by atoms with Crippen LogP contribution in [0.2, 0.25) is 0 Å². The highest BCUT2D eigenvalue weighted by atomic mass is 16.5. The van der Waals surface area contributed by atoms with Crippen molar-refractivity contribution in [1.82, 2.24) is 15.2 Å². The molecular formula is C14H25N3O. The molecule has 0 amide bonds. The Morgan fingerprint density at radius 3 is 2.89 bits per heavy atom. The highest BCUT2D eigenvalue weighted by molar-refractivity contribution is 5.03. The number of nitrogens with one attached hydrogen (secondary N) is 1. The molecule has 0 unspecified atom stereocenters. The van der Waals surface area contributed by atoms with Gasteiger partial charge in [0.2, 0.25) is 0 Å². The minimum absolute atomic E-state index is 0.781. The molecule has 0 aromatic carbocycles. The average molecular weight is 251 g/mol. The molecule has 0 atom stereocenters. The van der Waals surface area contributed by atoms with E-state index in [-0.39, 0.29) is 0 Å². The molecule has 0 aliphatic heterocycles. The van der Waals surface area contributed by atoms with Crippen LogP contribution in [0.25, 0.3) is 0 Å². The first-order valence-electron chi connectivity index (χ1n) is 6.61. The summed E-state index contributed by atoms with van der Waals surface area (Å²) < 4.78 is 4.98. The third-order valence-corrected chi connectivity index (χ3v) is 2.85. The van der Waals surface area contributed by atoms with Gasteiger partial charge >= 0.3 is 0 Å². The lowest BCUT2D eigenvalue weighted by atomic mass is 10.2. The number of hydrogen-bond donors (Lipinski definition) is 1. The molecule has 1 aromatic heterocycles. The molecule has 1 heterocycles. The van der Waals surface area contributed by atoms with Crippen molar-refractivity contribution in [2.24, 2.45) is 0 Å². The van der Waals surface area contributed by atoms with Crippen molar-refractivity contribution < 1.29 is 4.74 Å². The summed E-state index contributed by atoms with van der Waals surface area (Å²) in [6.07, 6.45) is 4.08. The first-order valence-corrected chi connectivity index (χ1v) is 6.61. The van der Waals surface area contributed by atoms with E-state index in [4.69, 9.17) is 4.74 Å². The van der Waals surface area contributed by atoms with Gasteiger partial charge in [0.05, 0.1) is 6.61 Å². The summed E-state index contributed by atoms with van der Waals surface area (Å²) in [7, 11) is 3.89. The van der Waals surface area contributed by atoms with Gasteiger partial charge in [-0.2, -0.15) is 0 Å². The molecule has 0 aliphatic carbocycles. The first kappa shape index (κ1) is 15.1. The Balaban J connectivity index is 1.98. The van der Waals surface area contributed by atoms with E-state index in [0.29, 0.717) is 0 Å². The molecule has 102 valence electrons. The third-order valence-electron chi connectivity index (χ3n) is 2.85. The lowest BCUT2D eigenvalue weighted by molar-refractivity contribution is 0.198. The minimum Gasteiger partial charge on any atom is -0.383 e. The lowest BCUT2D eigenvalue weighted by Gasteiger charge is -2.16. The summed E-state index contributed by atoms with van der Waals surface area (Å²) in [5.41, 5.74) is 1.18. The van der Waals surface area contributed by atoms with E-state index < -0.39 is 0 Å². The normalized spacial score (nSPS) is 11.1. The Labute approximate surface area is 110 Å². The van der Waals surface area contributed by atoms with Crippen LogP contribution in [0.1, 0.15) is 12.1 Å². The van der Waals surface area contributed by atoms with E-state index in [1.165, 1.54) is 5.69 Å². The van der Waals surface area contributed by atoms with Crippen molar-refractivity contribution in [2.75, 3.05) is 46.9 Å². The fourth-order valence-electron chi connectivity index (χ4n) is 1.76. The summed E-state index contributed by atoms with van der Waals surface area (Å²) in [6.45, 7) is 4.92. The Morgan fingerprint density at radius 2 is 2.17 bits per heavy atom. The van der Waals surface area contributed by atoms with E-state index in [1.54, 1.807) is 7.11 Å². The van der Waals surface area contributed by atoms with Crippen LogP contribution in [-0.2, 0) is 11.2 Å². The van der Waals surface area contributed by atoms with Gasteiger partial charge in [-0.1, -0.05) is 6.07 Å². The van der Waals surface area contributed by atoms with Crippen molar-refractivity contribution in [3.63, 3.8) is 0 Å². The summed E-state index contributed by atoms with van der Waals surface area (Å²) in [5.74, 6) is 0. The SMILES string of the molecule is COCCNCCN(C)CCCc1ccccn1. The Bertz CT molecular complexity index is 292. The second kappa shape index (κ2) is 10.00. The van der Waals surface area contributed by atoms with E-state index in [9.17, 15) is 0 Å². The van der Waals surface area contributed by atoms with Crippen LogP contribution in [-0.4, -0.2) is 56.8 Å². The van der Waals surface area contributed by atoms with Crippen molar-refractivity contribution >= 4 is 0 Å². The maximum Gasteiger partial charge on any atom is 0.0587 e. The number of aromatic nitrogens is 1. The summed E-state index contributed by atoms with van der Waals surface area (Å²) in [4.78, 5) is 6.68. The van der Waals surface area contributed by atoms with E-state index >= 15 is 0 Å². The van der Waals surface area contributed by atoms with Crippen LogP contribution in [0.3, 0.4) is 0 Å². The molecule has 1 rings (SSSR count). The van der Waals surface area contributed by atoms with Crippen LogP contribution in [0.15, 0.2) is 24.4 Å². The van der Waals surface area contributed by atoms with Gasteiger partial charge in [-0.25, -0.2) is 0 Å². The average Bonchev–Trinajstić information content (AvgIpc) is 2.40. The zero-order valence-electron chi connectivity index (χ0n) is 11.6. The molecule has 0 spiro atoms. The largest absolute Gasteiger partial charge is 0.383 e. The molecule has 0 radical (unpaired) electrons. The van der Waals surface area contributed by atoms with Gasteiger partial charge < -0.3 is 15.0 Å². The quantitative estimate of drug-likeness (QED) is 0.634. The predicted octanol–water partition coefficient (Wildman–Crippen LogP) is 1.18. The maximum absolute atomic E-state index is 4.98. The molecule has 0 bridgehead atoms. The molecule has 4 nitrogen and oxygen atoms in total. The second-order valence-electron chi connectivity index (χ2n) is 4.47. The van der Waals surface area contributed by atoms with Crippen LogP contribution < -0.4 is 5.32 Å². The number of methoxy groups -OCH3 is 1. The number of pyridine rings is 1. The fourth-order valence-corrected chi connectivity index (χ4v) is 1.76. The summed E-state index contributed by atoms with van der Waals surface area (Å²) in [6, 6.07) is 6.10. The number of nitrogens with zero attached hydrogens (tertiary/aromatic N) is 2. The molecule has 0 saturated carbocycles. The monoisotopic (exact) mass is 251 g/mol. The Morgan fingerprint density at radius 1 is 1.28 bits per heavy atom. The van der Waals surface area contributed by atoms with Gasteiger partial charge in [-0.3, -0.25) is 4.98 Å². The molecule has 0 aliphatic rings. The van der Waals surface area contributed by atoms with Crippen molar-refractivity contribution in [2.45, 2.75) is 12.8 Å². The molecular weight excluding hydrogens is 226 g/mol. The summed E-state index contributed by atoms with van der Waals surface area (Å²) in [5, 5.41) is 3.35. The maximum atomic E-state index is 4.98. The number of rotatable bonds is 10. The molecule has 1 aromatic rings. The predicted molar refractivity (Wildman–Crippen MR) is 74.8 cm³/mol. The van der Waals surface area contributed by atoms with Crippen molar-refractivity contribution in [1.29, 1.82) is 0 Å². The van der Waals surface area contributed by atoms with E-state index in [0.717, 1.165) is 45.6 Å². The van der Waals surface area contributed by atoms with Gasteiger partial charge in [0.25, 0.3) is 0 Å². The van der Waals surface area contributed by atoms with Gasteiger partial charge in [0.15, 0.2) is 0 Å². The molecule has 18 heavy (non-hydrogen) atoms. The standard InChI is InChI=1S/C14H25N3O/c1-17(12-9-15-10-13-18-2)11-5-7-14-6-3-4-8-16-14/h3-4,6,8,15H,5,7,9-13H2,1-2H3. The van der Waals surface area contributed by atoms with Gasteiger partial charge in [0.1, 0.15) is 0 Å². The van der Waals surface area contributed by atoms with Crippen LogP contribution in [0, 0.1) is 0 Å². The fraction of sp³-hybridized carbons (Fsp3) is 0.643. The number of aryl methyl sites for hydroxylation is 1. The van der Waals surface area contributed by atoms with E-state index in [2.05, 4.69) is 28.3 Å². The highest BCUT2D eigenvalue weighted by Crippen LogP contribution is 1.99.